The van der Waals surface area contributed by atoms with Crippen molar-refractivity contribution in [2.24, 2.45) is 0 Å². The second-order valence-corrected chi connectivity index (χ2v) is 7.07. The molecule has 0 saturated carbocycles. The average Bonchev–Trinajstić information content (AvgIpc) is 2.49. The summed E-state index contributed by atoms with van der Waals surface area (Å²) in [5, 5.41) is 1.70. The van der Waals surface area contributed by atoms with Gasteiger partial charge < -0.3 is 0 Å². The lowest BCUT2D eigenvalue weighted by molar-refractivity contribution is 0.596. The Morgan fingerprint density at radius 1 is 0.714 bits per heavy atom. The Kier molecular flexibility index (Phi) is 3.30. The first-order valence-corrected chi connectivity index (χ1v) is 8.29. The Morgan fingerprint density at radius 2 is 1.33 bits per heavy atom. The monoisotopic (exact) mass is 296 g/mol. The Morgan fingerprint density at radius 3 is 2.14 bits per heavy atom. The largest absolute Gasteiger partial charge is 0.218 e. The van der Waals surface area contributed by atoms with Crippen LogP contribution in [0.1, 0.15) is 11.1 Å². The molecule has 3 heteroatoms. The Bertz CT molecular complexity index is 920. The van der Waals surface area contributed by atoms with Crippen molar-refractivity contribution >= 4 is 20.6 Å². The summed E-state index contributed by atoms with van der Waals surface area (Å²) in [5.41, 5.74) is 1.79. The van der Waals surface area contributed by atoms with E-state index in [1.807, 2.05) is 50.2 Å². The number of aryl methyl sites for hydroxylation is 1. The Balaban J connectivity index is 2.34. The van der Waals surface area contributed by atoms with Crippen molar-refractivity contribution in [3.63, 3.8) is 0 Å². The number of hydrogen-bond donors (Lipinski definition) is 0. The highest BCUT2D eigenvalue weighted by molar-refractivity contribution is 7.91. The van der Waals surface area contributed by atoms with E-state index in [9.17, 15) is 8.42 Å². The molecular weight excluding hydrogens is 280 g/mol. The molecule has 0 unspecified atom stereocenters. The first-order chi connectivity index (χ1) is 10.0. The van der Waals surface area contributed by atoms with Crippen LogP contribution in [0.25, 0.3) is 10.8 Å². The van der Waals surface area contributed by atoms with Crippen LogP contribution in [0.5, 0.6) is 0 Å². The molecule has 0 amide bonds. The molecule has 0 radical (unpaired) electrons. The number of benzene rings is 3. The lowest BCUT2D eigenvalue weighted by atomic mass is 10.1. The van der Waals surface area contributed by atoms with E-state index >= 15 is 0 Å². The summed E-state index contributed by atoms with van der Waals surface area (Å²) in [6, 6.07) is 18.4. The first-order valence-electron chi connectivity index (χ1n) is 6.81. The molecule has 3 aromatic carbocycles. The van der Waals surface area contributed by atoms with E-state index in [2.05, 4.69) is 0 Å². The molecule has 0 atom stereocenters. The summed E-state index contributed by atoms with van der Waals surface area (Å²) < 4.78 is 26.0. The van der Waals surface area contributed by atoms with Crippen molar-refractivity contribution in [1.82, 2.24) is 0 Å². The molecule has 0 saturated heterocycles. The van der Waals surface area contributed by atoms with Gasteiger partial charge in [0, 0.05) is 5.39 Å². The van der Waals surface area contributed by atoms with Gasteiger partial charge in [-0.1, -0.05) is 48.5 Å². The Hall–Kier alpha value is -2.13. The summed E-state index contributed by atoms with van der Waals surface area (Å²) >= 11 is 0. The molecule has 0 spiro atoms. The van der Waals surface area contributed by atoms with E-state index in [-0.39, 0.29) is 0 Å². The van der Waals surface area contributed by atoms with Gasteiger partial charge in [-0.25, -0.2) is 8.42 Å². The highest BCUT2D eigenvalue weighted by Crippen LogP contribution is 2.30. The van der Waals surface area contributed by atoms with Gasteiger partial charge in [-0.05, 0) is 42.5 Å². The van der Waals surface area contributed by atoms with Crippen LogP contribution in [-0.4, -0.2) is 8.42 Å². The van der Waals surface area contributed by atoms with Crippen molar-refractivity contribution in [2.75, 3.05) is 0 Å². The summed E-state index contributed by atoms with van der Waals surface area (Å²) in [6.07, 6.45) is 0. The minimum absolute atomic E-state index is 0.370. The van der Waals surface area contributed by atoms with Crippen LogP contribution in [0, 0.1) is 13.8 Å². The van der Waals surface area contributed by atoms with E-state index in [1.165, 1.54) is 0 Å². The number of rotatable bonds is 2. The lowest BCUT2D eigenvalue weighted by Gasteiger charge is -2.12. The Labute approximate surface area is 125 Å². The summed E-state index contributed by atoms with van der Waals surface area (Å²) in [5.74, 6) is 0. The molecule has 3 rings (SSSR count). The first kappa shape index (κ1) is 13.8. The topological polar surface area (TPSA) is 34.1 Å². The minimum Gasteiger partial charge on any atom is -0.218 e. The van der Waals surface area contributed by atoms with Crippen LogP contribution in [0.4, 0.5) is 0 Å². The van der Waals surface area contributed by atoms with E-state index < -0.39 is 9.84 Å². The molecule has 106 valence electrons. The SMILES string of the molecule is Cc1cccc(S(=O)(=O)c2cccc3ccccc23)c1C. The molecule has 0 aliphatic rings. The smallest absolute Gasteiger partial charge is 0.207 e. The van der Waals surface area contributed by atoms with Crippen LogP contribution in [0.3, 0.4) is 0 Å². The molecule has 0 N–H and O–H groups in total. The summed E-state index contributed by atoms with van der Waals surface area (Å²) in [4.78, 5) is 0.758. The van der Waals surface area contributed by atoms with Gasteiger partial charge in [0.2, 0.25) is 9.84 Å². The van der Waals surface area contributed by atoms with Gasteiger partial charge in [-0.15, -0.1) is 0 Å². The second-order valence-electron chi connectivity index (χ2n) is 5.18. The minimum atomic E-state index is -3.52. The zero-order chi connectivity index (χ0) is 15.0. The average molecular weight is 296 g/mol. The predicted octanol–water partition coefficient (Wildman–Crippen LogP) is 4.29. The van der Waals surface area contributed by atoms with Gasteiger partial charge in [0.05, 0.1) is 9.79 Å². The number of fused-ring (bicyclic) bond motifs is 1. The molecule has 0 aliphatic heterocycles. The van der Waals surface area contributed by atoms with Gasteiger partial charge in [0.1, 0.15) is 0 Å². The quantitative estimate of drug-likeness (QED) is 0.707. The third-order valence-electron chi connectivity index (χ3n) is 3.88. The van der Waals surface area contributed by atoms with Crippen molar-refractivity contribution in [2.45, 2.75) is 23.6 Å². The number of hydrogen-bond acceptors (Lipinski definition) is 2. The van der Waals surface area contributed by atoms with Crippen LogP contribution < -0.4 is 0 Å². The van der Waals surface area contributed by atoms with E-state index in [1.54, 1.807) is 24.3 Å². The van der Waals surface area contributed by atoms with Gasteiger partial charge in [0.15, 0.2) is 0 Å². The summed E-state index contributed by atoms with van der Waals surface area (Å²) in [7, 11) is -3.52. The zero-order valence-electron chi connectivity index (χ0n) is 12.0. The second kappa shape index (κ2) is 5.01. The normalized spacial score (nSPS) is 11.7. The van der Waals surface area contributed by atoms with Gasteiger partial charge in [-0.3, -0.25) is 0 Å². The fourth-order valence-electron chi connectivity index (χ4n) is 2.56. The van der Waals surface area contributed by atoms with Crippen molar-refractivity contribution < 1.29 is 8.42 Å². The van der Waals surface area contributed by atoms with Crippen LogP contribution in [-0.2, 0) is 9.84 Å². The molecule has 0 fully saturated rings. The van der Waals surface area contributed by atoms with E-state index in [0.29, 0.717) is 9.79 Å². The fraction of sp³-hybridized carbons (Fsp3) is 0.111. The highest BCUT2D eigenvalue weighted by Gasteiger charge is 2.22. The molecule has 0 aromatic heterocycles. The van der Waals surface area contributed by atoms with E-state index in [4.69, 9.17) is 0 Å². The zero-order valence-corrected chi connectivity index (χ0v) is 12.8. The maximum absolute atomic E-state index is 13.0. The van der Waals surface area contributed by atoms with Crippen LogP contribution in [0.15, 0.2) is 70.5 Å². The van der Waals surface area contributed by atoms with Gasteiger partial charge >= 0.3 is 0 Å². The molecule has 21 heavy (non-hydrogen) atoms. The molecule has 0 bridgehead atoms. The molecule has 0 heterocycles. The highest BCUT2D eigenvalue weighted by atomic mass is 32.2. The molecule has 0 aliphatic carbocycles. The molecule has 3 aromatic rings. The summed E-state index contributed by atoms with van der Waals surface area (Å²) in [6.45, 7) is 3.78. The third-order valence-corrected chi connectivity index (χ3v) is 5.84. The van der Waals surface area contributed by atoms with Crippen molar-refractivity contribution in [1.29, 1.82) is 0 Å². The fourth-order valence-corrected chi connectivity index (χ4v) is 4.36. The number of sulfone groups is 1. The van der Waals surface area contributed by atoms with Crippen molar-refractivity contribution in [3.05, 3.63) is 71.8 Å². The molecular formula is C18H16O2S. The lowest BCUT2D eigenvalue weighted by Crippen LogP contribution is -2.05. The van der Waals surface area contributed by atoms with Crippen molar-refractivity contribution in [3.8, 4) is 0 Å². The predicted molar refractivity (Wildman–Crippen MR) is 85.3 cm³/mol. The standard InChI is InChI=1S/C18H16O2S/c1-13-7-5-11-17(14(13)2)21(19,20)18-12-6-9-15-8-3-4-10-16(15)18/h3-12H,1-2H3. The van der Waals surface area contributed by atoms with Gasteiger partial charge in [-0.2, -0.15) is 0 Å². The van der Waals surface area contributed by atoms with Gasteiger partial charge in [0.25, 0.3) is 0 Å². The molecule has 2 nitrogen and oxygen atoms in total. The third kappa shape index (κ3) is 2.24. The maximum atomic E-state index is 13.0. The van der Waals surface area contributed by atoms with E-state index in [0.717, 1.165) is 21.9 Å². The van der Waals surface area contributed by atoms with Crippen LogP contribution in [0.2, 0.25) is 0 Å². The van der Waals surface area contributed by atoms with Crippen LogP contribution >= 0.6 is 0 Å². The maximum Gasteiger partial charge on any atom is 0.207 e.